The number of carbonyl (C=O) groups excluding carboxylic acids is 1. The van der Waals surface area contributed by atoms with Gasteiger partial charge in [0.05, 0.1) is 6.61 Å². The van der Waals surface area contributed by atoms with Crippen molar-refractivity contribution >= 4 is 12.0 Å². The van der Waals surface area contributed by atoms with Crippen molar-refractivity contribution in [2.24, 2.45) is 0 Å². The zero-order valence-corrected chi connectivity index (χ0v) is 19.4. The molecular weight excluding hydrogens is 426 g/mol. The summed E-state index contributed by atoms with van der Waals surface area (Å²) in [5.41, 5.74) is 3.10. The van der Waals surface area contributed by atoms with Crippen molar-refractivity contribution in [1.82, 2.24) is 4.90 Å². The highest BCUT2D eigenvalue weighted by molar-refractivity contribution is 5.78. The van der Waals surface area contributed by atoms with Gasteiger partial charge in [-0.05, 0) is 48.4 Å². The topological polar surface area (TPSA) is 48.0 Å². The number of hydrogen-bond acceptors (Lipinski definition) is 4. The van der Waals surface area contributed by atoms with Crippen LogP contribution in [-0.4, -0.2) is 42.7 Å². The highest BCUT2D eigenvalue weighted by Crippen LogP contribution is 2.39. The van der Waals surface area contributed by atoms with E-state index >= 15 is 0 Å². The summed E-state index contributed by atoms with van der Waals surface area (Å²) < 4.78 is 17.8. The van der Waals surface area contributed by atoms with E-state index in [4.69, 9.17) is 14.2 Å². The SMILES string of the molecule is CCOc1ccccc1OCC(=O)N1CCC2(C=Cc3cc(-c4ccccc4)ccc3O2)CC1. The molecule has 5 rings (SSSR count). The fourth-order valence-corrected chi connectivity index (χ4v) is 4.55. The molecule has 2 heterocycles. The molecule has 5 heteroatoms. The number of hydrogen-bond donors (Lipinski definition) is 0. The molecule has 2 aliphatic rings. The van der Waals surface area contributed by atoms with E-state index < -0.39 is 0 Å². The van der Waals surface area contributed by atoms with Crippen molar-refractivity contribution < 1.29 is 19.0 Å². The molecule has 3 aromatic rings. The van der Waals surface area contributed by atoms with E-state index in [1.54, 1.807) is 0 Å². The lowest BCUT2D eigenvalue weighted by Gasteiger charge is -2.42. The zero-order valence-electron chi connectivity index (χ0n) is 19.4. The summed E-state index contributed by atoms with van der Waals surface area (Å²) in [7, 11) is 0. The highest BCUT2D eigenvalue weighted by atomic mass is 16.5. The van der Waals surface area contributed by atoms with Crippen molar-refractivity contribution in [2.75, 3.05) is 26.3 Å². The first-order chi connectivity index (χ1) is 16.7. The summed E-state index contributed by atoms with van der Waals surface area (Å²) in [6.07, 6.45) is 5.84. The van der Waals surface area contributed by atoms with Gasteiger partial charge in [-0.25, -0.2) is 0 Å². The molecule has 0 saturated carbocycles. The second-order valence-electron chi connectivity index (χ2n) is 8.67. The van der Waals surface area contributed by atoms with Gasteiger partial charge in [-0.15, -0.1) is 0 Å². The van der Waals surface area contributed by atoms with Gasteiger partial charge < -0.3 is 19.1 Å². The third-order valence-electron chi connectivity index (χ3n) is 6.46. The molecule has 2 aliphatic heterocycles. The molecule has 34 heavy (non-hydrogen) atoms. The molecular formula is C29H29NO4. The van der Waals surface area contributed by atoms with Crippen LogP contribution in [0.15, 0.2) is 78.9 Å². The first-order valence-corrected chi connectivity index (χ1v) is 11.9. The molecule has 0 aliphatic carbocycles. The van der Waals surface area contributed by atoms with Gasteiger partial charge in [-0.2, -0.15) is 0 Å². The maximum Gasteiger partial charge on any atom is 0.260 e. The van der Waals surface area contributed by atoms with Crippen molar-refractivity contribution in [3.63, 3.8) is 0 Å². The Balaban J connectivity index is 1.19. The van der Waals surface area contributed by atoms with Crippen LogP contribution in [0.1, 0.15) is 25.3 Å². The number of fused-ring (bicyclic) bond motifs is 1. The van der Waals surface area contributed by atoms with Crippen LogP contribution in [0.25, 0.3) is 17.2 Å². The number of piperidine rings is 1. The van der Waals surface area contributed by atoms with Crippen LogP contribution in [0.5, 0.6) is 17.2 Å². The second-order valence-corrected chi connectivity index (χ2v) is 8.67. The van der Waals surface area contributed by atoms with Crippen LogP contribution in [0.3, 0.4) is 0 Å². The fraction of sp³-hybridized carbons (Fsp3) is 0.276. The lowest BCUT2D eigenvalue weighted by Crippen LogP contribution is -2.50. The van der Waals surface area contributed by atoms with Gasteiger partial charge in [0, 0.05) is 31.5 Å². The Hall–Kier alpha value is -3.73. The molecule has 5 nitrogen and oxygen atoms in total. The maximum atomic E-state index is 12.8. The number of para-hydroxylation sites is 2. The number of benzene rings is 3. The molecule has 1 fully saturated rings. The smallest absolute Gasteiger partial charge is 0.260 e. The first kappa shape index (κ1) is 22.1. The van der Waals surface area contributed by atoms with Crippen LogP contribution in [0.2, 0.25) is 0 Å². The molecule has 0 radical (unpaired) electrons. The Bertz CT molecular complexity index is 1180. The summed E-state index contributed by atoms with van der Waals surface area (Å²) in [6.45, 7) is 3.74. The predicted molar refractivity (Wildman–Crippen MR) is 133 cm³/mol. The average Bonchev–Trinajstić information content (AvgIpc) is 2.89. The Labute approximate surface area is 200 Å². The Morgan fingerprint density at radius 2 is 1.62 bits per heavy atom. The number of ether oxygens (including phenoxy) is 3. The summed E-state index contributed by atoms with van der Waals surface area (Å²) in [5, 5.41) is 0. The van der Waals surface area contributed by atoms with Gasteiger partial charge in [0.2, 0.25) is 0 Å². The van der Waals surface area contributed by atoms with Gasteiger partial charge in [0.15, 0.2) is 18.1 Å². The Morgan fingerprint density at radius 3 is 2.35 bits per heavy atom. The van der Waals surface area contributed by atoms with E-state index in [-0.39, 0.29) is 18.1 Å². The molecule has 0 atom stereocenters. The monoisotopic (exact) mass is 455 g/mol. The van der Waals surface area contributed by atoms with Crippen molar-refractivity contribution in [3.05, 3.63) is 84.4 Å². The maximum absolute atomic E-state index is 12.8. The molecule has 0 unspecified atom stereocenters. The largest absolute Gasteiger partial charge is 0.490 e. The Morgan fingerprint density at radius 1 is 0.912 bits per heavy atom. The lowest BCUT2D eigenvalue weighted by molar-refractivity contribution is -0.136. The first-order valence-electron chi connectivity index (χ1n) is 11.9. The minimum atomic E-state index is -0.361. The second kappa shape index (κ2) is 9.64. The van der Waals surface area contributed by atoms with E-state index in [9.17, 15) is 4.79 Å². The summed E-state index contributed by atoms with van der Waals surface area (Å²) >= 11 is 0. The number of carbonyl (C=O) groups is 1. The average molecular weight is 456 g/mol. The third-order valence-corrected chi connectivity index (χ3v) is 6.46. The highest BCUT2D eigenvalue weighted by Gasteiger charge is 2.38. The van der Waals surface area contributed by atoms with E-state index in [1.165, 1.54) is 11.1 Å². The molecule has 174 valence electrons. The minimum absolute atomic E-state index is 0.00111. The van der Waals surface area contributed by atoms with Crippen molar-refractivity contribution in [2.45, 2.75) is 25.4 Å². The van der Waals surface area contributed by atoms with Crippen LogP contribution < -0.4 is 14.2 Å². The van der Waals surface area contributed by atoms with E-state index in [0.717, 1.165) is 24.2 Å². The summed E-state index contributed by atoms with van der Waals surface area (Å²) in [5.74, 6) is 2.13. The molecule has 0 aromatic heterocycles. The molecule has 1 saturated heterocycles. The van der Waals surface area contributed by atoms with Crippen LogP contribution in [0.4, 0.5) is 0 Å². The molecule has 0 N–H and O–H groups in total. The van der Waals surface area contributed by atoms with Gasteiger partial charge in [0.25, 0.3) is 5.91 Å². The zero-order chi connectivity index (χ0) is 23.4. The van der Waals surface area contributed by atoms with Crippen LogP contribution in [-0.2, 0) is 4.79 Å². The molecule has 3 aromatic carbocycles. The molecule has 1 amide bonds. The number of rotatable bonds is 6. The van der Waals surface area contributed by atoms with Gasteiger partial charge in [-0.3, -0.25) is 4.79 Å². The van der Waals surface area contributed by atoms with E-state index in [1.807, 2.05) is 54.3 Å². The normalized spacial score (nSPS) is 16.0. The van der Waals surface area contributed by atoms with Gasteiger partial charge in [0.1, 0.15) is 11.4 Å². The number of nitrogens with zero attached hydrogens (tertiary/aromatic N) is 1. The van der Waals surface area contributed by atoms with Crippen LogP contribution >= 0.6 is 0 Å². The quantitative estimate of drug-likeness (QED) is 0.486. The van der Waals surface area contributed by atoms with E-state index in [2.05, 4.69) is 42.5 Å². The number of amides is 1. The number of likely N-dealkylation sites (tertiary alicyclic amines) is 1. The van der Waals surface area contributed by atoms with E-state index in [0.29, 0.717) is 31.2 Å². The van der Waals surface area contributed by atoms with Crippen molar-refractivity contribution in [3.8, 4) is 28.4 Å². The van der Waals surface area contributed by atoms with Crippen molar-refractivity contribution in [1.29, 1.82) is 0 Å². The van der Waals surface area contributed by atoms with Gasteiger partial charge in [-0.1, -0.05) is 54.6 Å². The molecule has 0 bridgehead atoms. The lowest BCUT2D eigenvalue weighted by atomic mass is 9.87. The predicted octanol–water partition coefficient (Wildman–Crippen LogP) is 5.60. The molecule has 1 spiro atoms. The fourth-order valence-electron chi connectivity index (χ4n) is 4.55. The Kier molecular flexibility index (Phi) is 6.26. The standard InChI is InChI=1S/C29H29NO4/c1-2-32-26-10-6-7-11-27(26)33-21-28(31)30-18-16-29(17-19-30)15-14-24-20-23(12-13-25(24)34-29)22-8-4-3-5-9-22/h3-15,20H,2,16-19,21H2,1H3. The summed E-state index contributed by atoms with van der Waals surface area (Å²) in [4.78, 5) is 14.6. The third kappa shape index (κ3) is 4.65. The minimum Gasteiger partial charge on any atom is -0.490 e. The van der Waals surface area contributed by atoms with Gasteiger partial charge >= 0.3 is 0 Å². The summed E-state index contributed by atoms with van der Waals surface area (Å²) in [6, 6.07) is 24.1. The van der Waals surface area contributed by atoms with Crippen LogP contribution in [0, 0.1) is 0 Å².